The maximum absolute atomic E-state index is 6.01. The van der Waals surface area contributed by atoms with Gasteiger partial charge < -0.3 is 11.2 Å². The third-order valence-electron chi connectivity index (χ3n) is 2.40. The first kappa shape index (κ1) is 15.6. The molecule has 0 aliphatic carbocycles. The van der Waals surface area contributed by atoms with Gasteiger partial charge in [0.15, 0.2) is 0 Å². The van der Waals surface area contributed by atoms with E-state index in [1.165, 1.54) is 0 Å². The lowest BCUT2D eigenvalue weighted by atomic mass is 10.1. The van der Waals surface area contributed by atoms with Crippen LogP contribution < -0.4 is 16.6 Å². The van der Waals surface area contributed by atoms with Crippen LogP contribution in [-0.4, -0.2) is 12.6 Å². The van der Waals surface area contributed by atoms with Gasteiger partial charge in [0.1, 0.15) is 0 Å². The summed E-state index contributed by atoms with van der Waals surface area (Å²) in [7, 11) is 0. The number of hydrogen-bond acceptors (Lipinski definition) is 3. The van der Waals surface area contributed by atoms with Crippen molar-refractivity contribution in [3.05, 3.63) is 34.9 Å². The molecule has 4 N–H and O–H groups in total. The van der Waals surface area contributed by atoms with Gasteiger partial charge in [-0.05, 0) is 24.0 Å². The van der Waals surface area contributed by atoms with Crippen molar-refractivity contribution in [1.82, 2.24) is 10.9 Å². The summed E-state index contributed by atoms with van der Waals surface area (Å²) >= 11 is 6.01. The van der Waals surface area contributed by atoms with Gasteiger partial charge in [0, 0.05) is 5.02 Å². The van der Waals surface area contributed by atoms with Crippen LogP contribution in [0.25, 0.3) is 0 Å². The summed E-state index contributed by atoms with van der Waals surface area (Å²) in [6.45, 7) is 5.37. The van der Waals surface area contributed by atoms with Crippen LogP contribution in [0.3, 0.4) is 0 Å². The number of nitrogens with one attached hydrogen (secondary N) is 2. The molecule has 0 amide bonds. The summed E-state index contributed by atoms with van der Waals surface area (Å²) in [6.07, 6.45) is 0.966. The van der Waals surface area contributed by atoms with E-state index in [1.807, 2.05) is 24.3 Å². The molecule has 0 atom stereocenters. The van der Waals surface area contributed by atoms with Gasteiger partial charge in [-0.15, -0.1) is 5.10 Å². The van der Waals surface area contributed by atoms with Gasteiger partial charge in [-0.2, -0.15) is 0 Å². The summed E-state index contributed by atoms with van der Waals surface area (Å²) in [4.78, 5) is 5.16. The summed E-state index contributed by atoms with van der Waals surface area (Å²) in [5.41, 5.74) is 12.0. The Balaban J connectivity index is 2.23. The number of guanidine groups is 1. The number of rotatable bonds is 7. The van der Waals surface area contributed by atoms with Gasteiger partial charge in [-0.3, -0.25) is 4.84 Å². The molecule has 0 heterocycles. The fraction of sp³-hybridized carbons (Fsp3) is 0.462. The van der Waals surface area contributed by atoms with Gasteiger partial charge in [0.2, 0.25) is 5.96 Å². The third-order valence-corrected chi connectivity index (χ3v) is 2.77. The Labute approximate surface area is 119 Å². The van der Waals surface area contributed by atoms with Crippen molar-refractivity contribution in [2.24, 2.45) is 16.8 Å². The summed E-state index contributed by atoms with van der Waals surface area (Å²) in [5, 5.41) is 4.63. The molecule has 0 radical (unpaired) electrons. The number of benzene rings is 1. The molecular formula is C13H21ClN4O. The largest absolute Gasteiger partial charge is 0.367 e. The van der Waals surface area contributed by atoms with Crippen LogP contribution in [0.2, 0.25) is 5.02 Å². The molecule has 0 fully saturated rings. The Morgan fingerprint density at radius 1 is 1.42 bits per heavy atom. The minimum absolute atomic E-state index is 0.191. The molecule has 0 aliphatic heterocycles. The number of halogens is 1. The van der Waals surface area contributed by atoms with Crippen LogP contribution in [0.1, 0.15) is 25.8 Å². The first-order valence-electron chi connectivity index (χ1n) is 6.27. The SMILES string of the molecule is CC(C)CCON/C(N)=N\NCc1ccccc1Cl. The zero-order valence-corrected chi connectivity index (χ0v) is 12.1. The number of hydrazone groups is 1. The lowest BCUT2D eigenvalue weighted by Crippen LogP contribution is -2.34. The van der Waals surface area contributed by atoms with Crippen LogP contribution in [-0.2, 0) is 11.4 Å². The third kappa shape index (κ3) is 6.88. The quantitative estimate of drug-likeness (QED) is 0.311. The van der Waals surface area contributed by atoms with Crippen molar-refractivity contribution in [2.75, 3.05) is 6.61 Å². The van der Waals surface area contributed by atoms with Crippen LogP contribution in [0, 0.1) is 5.92 Å². The molecule has 5 nitrogen and oxygen atoms in total. The predicted molar refractivity (Wildman–Crippen MR) is 78.5 cm³/mol. The molecule has 19 heavy (non-hydrogen) atoms. The number of hydrogen-bond donors (Lipinski definition) is 3. The average molecular weight is 285 g/mol. The lowest BCUT2D eigenvalue weighted by molar-refractivity contribution is 0.0752. The zero-order valence-electron chi connectivity index (χ0n) is 11.3. The predicted octanol–water partition coefficient (Wildman–Crippen LogP) is 2.23. The lowest BCUT2D eigenvalue weighted by Gasteiger charge is -2.08. The Bertz CT molecular complexity index is 409. The second-order valence-electron chi connectivity index (χ2n) is 4.56. The van der Waals surface area contributed by atoms with E-state index < -0.39 is 0 Å². The van der Waals surface area contributed by atoms with E-state index in [1.54, 1.807) is 0 Å². The van der Waals surface area contributed by atoms with E-state index in [4.69, 9.17) is 22.2 Å². The van der Waals surface area contributed by atoms with Crippen molar-refractivity contribution < 1.29 is 4.84 Å². The van der Waals surface area contributed by atoms with Crippen molar-refractivity contribution in [2.45, 2.75) is 26.8 Å². The minimum atomic E-state index is 0.191. The zero-order chi connectivity index (χ0) is 14.1. The highest BCUT2D eigenvalue weighted by atomic mass is 35.5. The Kier molecular flexibility index (Phi) is 7.07. The first-order chi connectivity index (χ1) is 9.09. The average Bonchev–Trinajstić information content (AvgIpc) is 2.37. The Morgan fingerprint density at radius 2 is 2.16 bits per heavy atom. The maximum Gasteiger partial charge on any atom is 0.235 e. The molecule has 6 heteroatoms. The molecule has 1 aromatic rings. The smallest absolute Gasteiger partial charge is 0.235 e. The monoisotopic (exact) mass is 284 g/mol. The molecule has 0 unspecified atom stereocenters. The van der Waals surface area contributed by atoms with Crippen LogP contribution >= 0.6 is 11.6 Å². The van der Waals surface area contributed by atoms with E-state index in [-0.39, 0.29) is 5.96 Å². The van der Waals surface area contributed by atoms with E-state index in [0.717, 1.165) is 12.0 Å². The van der Waals surface area contributed by atoms with E-state index >= 15 is 0 Å². The Hall–Kier alpha value is -1.46. The normalized spacial score (nSPS) is 11.7. The second kappa shape index (κ2) is 8.61. The van der Waals surface area contributed by atoms with E-state index in [2.05, 4.69) is 29.9 Å². The van der Waals surface area contributed by atoms with Gasteiger partial charge >= 0.3 is 0 Å². The molecule has 0 saturated carbocycles. The second-order valence-corrected chi connectivity index (χ2v) is 4.96. The molecule has 0 bridgehead atoms. The summed E-state index contributed by atoms with van der Waals surface area (Å²) in [6, 6.07) is 7.56. The highest BCUT2D eigenvalue weighted by Crippen LogP contribution is 2.13. The van der Waals surface area contributed by atoms with Gasteiger partial charge in [0.25, 0.3) is 0 Å². The van der Waals surface area contributed by atoms with Crippen molar-refractivity contribution in [3.8, 4) is 0 Å². The summed E-state index contributed by atoms with van der Waals surface area (Å²) < 4.78 is 0. The summed E-state index contributed by atoms with van der Waals surface area (Å²) in [5.74, 6) is 0.786. The van der Waals surface area contributed by atoms with Gasteiger partial charge in [0.05, 0.1) is 13.2 Å². The van der Waals surface area contributed by atoms with Crippen LogP contribution in [0.4, 0.5) is 0 Å². The molecule has 0 aliphatic rings. The topological polar surface area (TPSA) is 71.7 Å². The number of nitrogens with two attached hydrogens (primary N) is 1. The van der Waals surface area contributed by atoms with Gasteiger partial charge in [-0.1, -0.05) is 43.6 Å². The molecule has 0 spiro atoms. The van der Waals surface area contributed by atoms with Crippen molar-refractivity contribution in [3.63, 3.8) is 0 Å². The highest BCUT2D eigenvalue weighted by molar-refractivity contribution is 6.31. The van der Waals surface area contributed by atoms with Crippen LogP contribution in [0.5, 0.6) is 0 Å². The standard InChI is InChI=1S/C13H21ClN4O/c1-10(2)7-8-19-18-13(15)17-16-9-11-5-3-4-6-12(11)14/h3-6,10,16H,7-9H2,1-2H3,(H3,15,17,18). The van der Waals surface area contributed by atoms with E-state index in [9.17, 15) is 0 Å². The Morgan fingerprint density at radius 3 is 2.84 bits per heavy atom. The minimum Gasteiger partial charge on any atom is -0.367 e. The molecule has 0 aromatic heterocycles. The maximum atomic E-state index is 6.01. The number of hydroxylamine groups is 1. The molecule has 1 rings (SSSR count). The molecule has 1 aromatic carbocycles. The fourth-order valence-electron chi connectivity index (χ4n) is 1.29. The van der Waals surface area contributed by atoms with E-state index in [0.29, 0.717) is 24.1 Å². The molecule has 106 valence electrons. The highest BCUT2D eigenvalue weighted by Gasteiger charge is 1.98. The fourth-order valence-corrected chi connectivity index (χ4v) is 1.50. The van der Waals surface area contributed by atoms with Crippen LogP contribution in [0.15, 0.2) is 29.4 Å². The van der Waals surface area contributed by atoms with Crippen molar-refractivity contribution in [1.29, 1.82) is 0 Å². The van der Waals surface area contributed by atoms with Crippen molar-refractivity contribution >= 4 is 17.6 Å². The molecular weight excluding hydrogens is 264 g/mol. The molecule has 0 saturated heterocycles. The van der Waals surface area contributed by atoms with Gasteiger partial charge in [-0.25, -0.2) is 5.48 Å². The number of nitrogens with zero attached hydrogens (tertiary/aromatic N) is 1. The first-order valence-corrected chi connectivity index (χ1v) is 6.64.